The number of aromatic nitrogens is 1. The van der Waals surface area contributed by atoms with Crippen molar-refractivity contribution >= 4 is 11.3 Å². The summed E-state index contributed by atoms with van der Waals surface area (Å²) in [4.78, 5) is 4.72. The van der Waals surface area contributed by atoms with Gasteiger partial charge in [0, 0.05) is 23.3 Å². The first-order valence-corrected chi connectivity index (χ1v) is 8.41. The average Bonchev–Trinajstić information content (AvgIpc) is 2.95. The Morgan fingerprint density at radius 3 is 2.64 bits per heavy atom. The van der Waals surface area contributed by atoms with Crippen LogP contribution in [-0.2, 0) is 11.8 Å². The Bertz CT molecular complexity index is 661. The normalized spacial score (nSPS) is 15.6. The molecule has 2 aromatic rings. The van der Waals surface area contributed by atoms with Gasteiger partial charge >= 0.3 is 0 Å². The van der Waals surface area contributed by atoms with Gasteiger partial charge in [0.2, 0.25) is 0 Å². The molecule has 0 radical (unpaired) electrons. The summed E-state index contributed by atoms with van der Waals surface area (Å²) in [5.41, 5.74) is 8.61. The minimum atomic E-state index is -0.0882. The van der Waals surface area contributed by atoms with Crippen molar-refractivity contribution < 1.29 is 9.47 Å². The van der Waals surface area contributed by atoms with Crippen LogP contribution in [0.1, 0.15) is 43.1 Å². The van der Waals surface area contributed by atoms with E-state index in [1.807, 2.05) is 18.2 Å². The Morgan fingerprint density at radius 1 is 1.23 bits per heavy atom. The molecule has 1 aromatic carbocycles. The number of fused-ring (bicyclic) bond motifs is 1. The largest absolute Gasteiger partial charge is 0.486 e. The van der Waals surface area contributed by atoms with Gasteiger partial charge in [-0.25, -0.2) is 4.98 Å². The number of hydrogen-bond donors (Lipinski definition) is 1. The van der Waals surface area contributed by atoms with Gasteiger partial charge in [-0.2, -0.15) is 0 Å². The fourth-order valence-corrected chi connectivity index (χ4v) is 3.43. The third-order valence-corrected chi connectivity index (χ3v) is 4.58. The van der Waals surface area contributed by atoms with Crippen molar-refractivity contribution in [3.63, 3.8) is 0 Å². The topological polar surface area (TPSA) is 57.4 Å². The lowest BCUT2D eigenvalue weighted by atomic mass is 9.93. The van der Waals surface area contributed by atoms with Gasteiger partial charge in [-0.3, -0.25) is 0 Å². The number of rotatable bonds is 3. The van der Waals surface area contributed by atoms with Gasteiger partial charge in [-0.1, -0.05) is 26.8 Å². The lowest BCUT2D eigenvalue weighted by molar-refractivity contribution is 0.171. The van der Waals surface area contributed by atoms with Crippen LogP contribution in [0.5, 0.6) is 11.5 Å². The zero-order chi connectivity index (χ0) is 15.7. The van der Waals surface area contributed by atoms with Crippen LogP contribution in [0.4, 0.5) is 0 Å². The van der Waals surface area contributed by atoms with E-state index in [0.29, 0.717) is 13.2 Å². The summed E-state index contributed by atoms with van der Waals surface area (Å²) in [7, 11) is 0. The molecule has 0 saturated heterocycles. The molecule has 0 spiro atoms. The van der Waals surface area contributed by atoms with Crippen LogP contribution >= 0.6 is 11.3 Å². The molecule has 118 valence electrons. The minimum absolute atomic E-state index is 0.0792. The Hall–Kier alpha value is -1.59. The summed E-state index contributed by atoms with van der Waals surface area (Å²) in [5, 5.41) is 3.21. The second kappa shape index (κ2) is 5.89. The molecule has 0 fully saturated rings. The van der Waals surface area contributed by atoms with Crippen LogP contribution in [-0.4, -0.2) is 18.2 Å². The van der Waals surface area contributed by atoms with Gasteiger partial charge in [0.25, 0.3) is 0 Å². The van der Waals surface area contributed by atoms with E-state index in [2.05, 4.69) is 26.2 Å². The van der Waals surface area contributed by atoms with Crippen LogP contribution in [0.3, 0.4) is 0 Å². The Labute approximate surface area is 135 Å². The molecule has 0 saturated carbocycles. The highest BCUT2D eigenvalue weighted by Gasteiger charge is 2.19. The minimum Gasteiger partial charge on any atom is -0.486 e. The molecule has 0 aliphatic carbocycles. The molecule has 1 aliphatic rings. The van der Waals surface area contributed by atoms with Gasteiger partial charge in [0.1, 0.15) is 13.2 Å². The van der Waals surface area contributed by atoms with Crippen molar-refractivity contribution in [1.82, 2.24) is 4.98 Å². The van der Waals surface area contributed by atoms with E-state index >= 15 is 0 Å². The fraction of sp³-hybridized carbons (Fsp3) is 0.471. The number of hydrogen-bond acceptors (Lipinski definition) is 5. The predicted molar refractivity (Wildman–Crippen MR) is 88.9 cm³/mol. The van der Waals surface area contributed by atoms with Crippen LogP contribution in [0, 0.1) is 0 Å². The molecule has 3 rings (SSSR count). The summed E-state index contributed by atoms with van der Waals surface area (Å²) in [6.45, 7) is 7.71. The molecule has 1 atom stereocenters. The fourth-order valence-electron chi connectivity index (χ4n) is 2.35. The van der Waals surface area contributed by atoms with Crippen LogP contribution in [0.15, 0.2) is 23.6 Å². The van der Waals surface area contributed by atoms with E-state index in [-0.39, 0.29) is 11.5 Å². The van der Waals surface area contributed by atoms with Crippen LogP contribution < -0.4 is 15.2 Å². The van der Waals surface area contributed by atoms with Crippen molar-refractivity contribution in [3.05, 3.63) is 39.8 Å². The summed E-state index contributed by atoms with van der Waals surface area (Å²) in [6, 6.07) is 5.84. The van der Waals surface area contributed by atoms with Crippen molar-refractivity contribution in [1.29, 1.82) is 0 Å². The van der Waals surface area contributed by atoms with Crippen molar-refractivity contribution in [2.45, 2.75) is 38.6 Å². The van der Waals surface area contributed by atoms with Gasteiger partial charge in [-0.05, 0) is 17.7 Å². The van der Waals surface area contributed by atoms with E-state index < -0.39 is 0 Å². The average molecular weight is 318 g/mol. The second-order valence-corrected chi connectivity index (χ2v) is 7.53. The number of benzene rings is 1. The second-order valence-electron chi connectivity index (χ2n) is 6.59. The molecule has 2 N–H and O–H groups in total. The zero-order valence-corrected chi connectivity index (χ0v) is 14.1. The first kappa shape index (κ1) is 15.3. The summed E-state index contributed by atoms with van der Waals surface area (Å²) in [5.74, 6) is 1.58. The molecule has 4 nitrogen and oxygen atoms in total. The molecule has 22 heavy (non-hydrogen) atoms. The smallest absolute Gasteiger partial charge is 0.161 e. The Balaban J connectivity index is 1.74. The van der Waals surface area contributed by atoms with Crippen LogP contribution in [0.2, 0.25) is 0 Å². The molecular weight excluding hydrogens is 296 g/mol. The van der Waals surface area contributed by atoms with Crippen molar-refractivity contribution in [2.24, 2.45) is 5.73 Å². The lowest BCUT2D eigenvalue weighted by Gasteiger charge is -2.20. The van der Waals surface area contributed by atoms with Crippen LogP contribution in [0.25, 0.3) is 0 Å². The van der Waals surface area contributed by atoms with E-state index in [1.54, 1.807) is 11.3 Å². The van der Waals surface area contributed by atoms with Gasteiger partial charge in [-0.15, -0.1) is 11.3 Å². The molecule has 5 heteroatoms. The standard InChI is InChI=1S/C17H22N2O2S/c1-17(2,3)15-10-22-16(19-15)9-12(18)11-4-5-13-14(8-11)21-7-6-20-13/h4-5,8,10,12H,6-7,9,18H2,1-3H3. The SMILES string of the molecule is CC(C)(C)c1csc(CC(N)c2ccc3c(c2)OCCO3)n1. The number of thiazole rings is 1. The van der Waals surface area contributed by atoms with E-state index in [1.165, 1.54) is 0 Å². The van der Waals surface area contributed by atoms with E-state index in [0.717, 1.165) is 34.2 Å². The van der Waals surface area contributed by atoms with Gasteiger partial charge in [0.15, 0.2) is 11.5 Å². The predicted octanol–water partition coefficient (Wildman–Crippen LogP) is 3.45. The van der Waals surface area contributed by atoms with E-state index in [4.69, 9.17) is 20.2 Å². The van der Waals surface area contributed by atoms with Gasteiger partial charge in [0.05, 0.1) is 10.7 Å². The number of nitrogens with two attached hydrogens (primary N) is 1. The van der Waals surface area contributed by atoms with Crippen molar-refractivity contribution in [2.75, 3.05) is 13.2 Å². The maximum atomic E-state index is 6.35. The molecule has 0 amide bonds. The third kappa shape index (κ3) is 3.25. The third-order valence-electron chi connectivity index (χ3n) is 3.71. The summed E-state index contributed by atoms with van der Waals surface area (Å²) in [6.07, 6.45) is 0.736. The maximum Gasteiger partial charge on any atom is 0.161 e. The summed E-state index contributed by atoms with van der Waals surface area (Å²) >= 11 is 1.68. The molecule has 0 bridgehead atoms. The molecular formula is C17H22N2O2S. The first-order valence-electron chi connectivity index (χ1n) is 7.53. The molecule has 1 unspecified atom stereocenters. The zero-order valence-electron chi connectivity index (χ0n) is 13.3. The quantitative estimate of drug-likeness (QED) is 0.941. The highest BCUT2D eigenvalue weighted by molar-refractivity contribution is 7.09. The molecule has 2 heterocycles. The van der Waals surface area contributed by atoms with E-state index in [9.17, 15) is 0 Å². The van der Waals surface area contributed by atoms with Gasteiger partial charge < -0.3 is 15.2 Å². The lowest BCUT2D eigenvalue weighted by Crippen LogP contribution is -2.18. The highest BCUT2D eigenvalue weighted by atomic mass is 32.1. The highest BCUT2D eigenvalue weighted by Crippen LogP contribution is 2.33. The monoisotopic (exact) mass is 318 g/mol. The number of nitrogens with zero attached hydrogens (tertiary/aromatic N) is 1. The molecule has 1 aromatic heterocycles. The Kier molecular flexibility index (Phi) is 4.10. The number of ether oxygens (including phenoxy) is 2. The van der Waals surface area contributed by atoms with Crippen molar-refractivity contribution in [3.8, 4) is 11.5 Å². The first-order chi connectivity index (χ1) is 10.4. The molecule has 1 aliphatic heterocycles. The summed E-state index contributed by atoms with van der Waals surface area (Å²) < 4.78 is 11.2. The Morgan fingerprint density at radius 2 is 1.95 bits per heavy atom. The maximum absolute atomic E-state index is 6.35.